The lowest BCUT2D eigenvalue weighted by Crippen LogP contribution is -2.33. The highest BCUT2D eigenvalue weighted by Crippen LogP contribution is 2.28. The second-order valence-electron chi connectivity index (χ2n) is 3.93. The van der Waals surface area contributed by atoms with E-state index >= 15 is 0 Å². The van der Waals surface area contributed by atoms with Crippen molar-refractivity contribution in [1.82, 2.24) is 0 Å². The van der Waals surface area contributed by atoms with Crippen LogP contribution < -0.4 is 15.4 Å². The molecule has 7 heteroatoms. The van der Waals surface area contributed by atoms with Crippen molar-refractivity contribution in [2.75, 3.05) is 11.4 Å². The normalized spacial score (nSPS) is 17.2. The first-order valence-electron chi connectivity index (χ1n) is 7.29. The Morgan fingerprint density at radius 2 is 1.82 bits per heavy atom. The first-order valence-corrected chi connectivity index (χ1v) is 7.29. The average Bonchev–Trinajstić information content (AvgIpc) is 2.82. The fourth-order valence-electron chi connectivity index (χ4n) is 1.81. The molecule has 1 unspecified atom stereocenters. The molecule has 22 heavy (non-hydrogen) atoms. The van der Waals surface area contributed by atoms with Gasteiger partial charge in [0.05, 0.1) is 6.04 Å². The monoisotopic (exact) mass is 320 g/mol. The topological polar surface area (TPSA) is 55.6 Å². The first kappa shape index (κ1) is 20.2. The van der Waals surface area contributed by atoms with Gasteiger partial charge in [-0.05, 0) is 18.6 Å². The minimum absolute atomic E-state index is 0.292. The maximum Gasteiger partial charge on any atom is 0.573 e. The third-order valence-electron chi connectivity index (χ3n) is 2.61. The Bertz CT molecular complexity index is 464. The molecule has 1 aromatic carbocycles. The summed E-state index contributed by atoms with van der Waals surface area (Å²) in [5, 5.41) is 0. The largest absolute Gasteiger partial charge is 0.573 e. The molecule has 1 fully saturated rings. The van der Waals surface area contributed by atoms with Crippen LogP contribution in [0.3, 0.4) is 0 Å². The summed E-state index contributed by atoms with van der Waals surface area (Å²) in [6.07, 6.45) is -4.26. The van der Waals surface area contributed by atoms with Gasteiger partial charge in [-0.3, -0.25) is 4.79 Å². The number of amides is 1. The van der Waals surface area contributed by atoms with E-state index in [1.807, 2.05) is 27.7 Å². The van der Waals surface area contributed by atoms with Gasteiger partial charge >= 0.3 is 6.36 Å². The van der Waals surface area contributed by atoms with Crippen molar-refractivity contribution in [3.05, 3.63) is 24.3 Å². The number of carbonyl (C=O) groups excluding carboxylic acids is 1. The summed E-state index contributed by atoms with van der Waals surface area (Å²) in [5.41, 5.74) is 5.90. The molecular formula is C15H23F3N2O2. The molecule has 1 heterocycles. The van der Waals surface area contributed by atoms with E-state index in [-0.39, 0.29) is 11.7 Å². The van der Waals surface area contributed by atoms with Crippen LogP contribution in [0, 0.1) is 0 Å². The SMILES string of the molecule is CC.CC.NC1CCN(c2cccc(OC(F)(F)F)c2)C1=O. The third kappa shape index (κ3) is 5.93. The van der Waals surface area contributed by atoms with Crippen LogP contribution in [-0.2, 0) is 4.79 Å². The van der Waals surface area contributed by atoms with Crippen molar-refractivity contribution in [3.63, 3.8) is 0 Å². The Kier molecular flexibility index (Phi) is 8.55. The summed E-state index contributed by atoms with van der Waals surface area (Å²) in [6, 6.07) is 4.70. The predicted octanol–water partition coefficient (Wildman–Crippen LogP) is 3.70. The third-order valence-corrected chi connectivity index (χ3v) is 2.61. The summed E-state index contributed by atoms with van der Waals surface area (Å²) in [6.45, 7) is 8.40. The molecule has 0 bridgehead atoms. The van der Waals surface area contributed by atoms with Crippen LogP contribution in [0.2, 0.25) is 0 Å². The lowest BCUT2D eigenvalue weighted by molar-refractivity contribution is -0.274. The fraction of sp³-hybridized carbons (Fsp3) is 0.533. The molecule has 1 amide bonds. The second-order valence-corrected chi connectivity index (χ2v) is 3.93. The molecule has 126 valence electrons. The molecule has 4 nitrogen and oxygen atoms in total. The van der Waals surface area contributed by atoms with Gasteiger partial charge in [0, 0.05) is 18.3 Å². The van der Waals surface area contributed by atoms with Crippen LogP contribution in [0.5, 0.6) is 5.75 Å². The van der Waals surface area contributed by atoms with E-state index in [0.717, 1.165) is 0 Å². The van der Waals surface area contributed by atoms with Gasteiger partial charge in [-0.25, -0.2) is 0 Å². The number of halogens is 3. The number of nitrogens with two attached hydrogens (primary N) is 1. The summed E-state index contributed by atoms with van der Waals surface area (Å²) >= 11 is 0. The van der Waals surface area contributed by atoms with Gasteiger partial charge in [0.2, 0.25) is 5.91 Å². The van der Waals surface area contributed by atoms with Crippen molar-refractivity contribution >= 4 is 11.6 Å². The van der Waals surface area contributed by atoms with Crippen LogP contribution in [-0.4, -0.2) is 24.9 Å². The number of hydrogen-bond donors (Lipinski definition) is 1. The molecule has 0 aromatic heterocycles. The highest BCUT2D eigenvalue weighted by atomic mass is 19.4. The van der Waals surface area contributed by atoms with E-state index in [1.54, 1.807) is 6.07 Å². The quantitative estimate of drug-likeness (QED) is 0.904. The van der Waals surface area contributed by atoms with Crippen molar-refractivity contribution in [1.29, 1.82) is 0 Å². The highest BCUT2D eigenvalue weighted by molar-refractivity contribution is 5.99. The lowest BCUT2D eigenvalue weighted by Gasteiger charge is -2.17. The van der Waals surface area contributed by atoms with Gasteiger partial charge in [-0.1, -0.05) is 33.8 Å². The Morgan fingerprint density at radius 1 is 1.23 bits per heavy atom. The number of anilines is 1. The Balaban J connectivity index is 0.00000102. The molecule has 1 atom stereocenters. The van der Waals surface area contributed by atoms with E-state index in [2.05, 4.69) is 4.74 Å². The van der Waals surface area contributed by atoms with Gasteiger partial charge in [0.15, 0.2) is 0 Å². The van der Waals surface area contributed by atoms with Crippen molar-refractivity contribution in [3.8, 4) is 5.75 Å². The number of benzene rings is 1. The molecular weight excluding hydrogens is 297 g/mol. The number of carbonyl (C=O) groups is 1. The van der Waals surface area contributed by atoms with E-state index in [4.69, 9.17) is 5.73 Å². The number of hydrogen-bond acceptors (Lipinski definition) is 3. The van der Waals surface area contributed by atoms with Crippen molar-refractivity contribution in [2.45, 2.75) is 46.5 Å². The van der Waals surface area contributed by atoms with Gasteiger partial charge in [-0.15, -0.1) is 13.2 Å². The summed E-state index contributed by atoms with van der Waals surface area (Å²) in [5.74, 6) is -0.646. The summed E-state index contributed by atoms with van der Waals surface area (Å²) in [7, 11) is 0. The Morgan fingerprint density at radius 3 is 2.27 bits per heavy atom. The van der Waals surface area contributed by atoms with Crippen LogP contribution in [0.15, 0.2) is 24.3 Å². The van der Waals surface area contributed by atoms with E-state index in [0.29, 0.717) is 18.7 Å². The Labute approximate surface area is 129 Å². The number of ether oxygens (including phenoxy) is 1. The summed E-state index contributed by atoms with van der Waals surface area (Å²) < 4.78 is 40.0. The first-order chi connectivity index (χ1) is 10.4. The summed E-state index contributed by atoms with van der Waals surface area (Å²) in [4.78, 5) is 13.0. The number of rotatable bonds is 2. The molecule has 0 aliphatic carbocycles. The van der Waals surface area contributed by atoms with E-state index in [1.165, 1.54) is 23.1 Å². The molecule has 1 aliphatic heterocycles. The lowest BCUT2D eigenvalue weighted by atomic mass is 10.2. The standard InChI is InChI=1S/C11H11F3N2O2.2C2H6/c12-11(13,14)18-8-3-1-2-7(6-8)16-5-4-9(15)10(16)17;2*1-2/h1-3,6,9H,4-5,15H2;2*1-2H3. The predicted molar refractivity (Wildman–Crippen MR) is 80.8 cm³/mol. The molecule has 1 aromatic rings. The zero-order valence-electron chi connectivity index (χ0n) is 13.3. The Hall–Kier alpha value is -1.76. The van der Waals surface area contributed by atoms with Gasteiger partial charge in [-0.2, -0.15) is 0 Å². The highest BCUT2D eigenvalue weighted by Gasteiger charge is 2.32. The number of alkyl halides is 3. The van der Waals surface area contributed by atoms with E-state index in [9.17, 15) is 18.0 Å². The maximum absolute atomic E-state index is 12.1. The van der Waals surface area contributed by atoms with Crippen LogP contribution in [0.4, 0.5) is 18.9 Å². The van der Waals surface area contributed by atoms with E-state index < -0.39 is 12.4 Å². The molecule has 0 spiro atoms. The number of nitrogens with zero attached hydrogens (tertiary/aromatic N) is 1. The van der Waals surface area contributed by atoms with Crippen LogP contribution >= 0.6 is 0 Å². The van der Waals surface area contributed by atoms with Gasteiger partial charge < -0.3 is 15.4 Å². The maximum atomic E-state index is 12.1. The van der Waals surface area contributed by atoms with Crippen LogP contribution in [0.1, 0.15) is 34.1 Å². The molecule has 0 radical (unpaired) electrons. The smallest absolute Gasteiger partial charge is 0.406 e. The fourth-order valence-corrected chi connectivity index (χ4v) is 1.81. The van der Waals surface area contributed by atoms with Crippen molar-refractivity contribution in [2.24, 2.45) is 5.73 Å². The van der Waals surface area contributed by atoms with Gasteiger partial charge in [0.25, 0.3) is 0 Å². The minimum atomic E-state index is -4.75. The molecule has 2 rings (SSSR count). The zero-order chi connectivity index (χ0) is 17.3. The average molecular weight is 320 g/mol. The second kappa shape index (κ2) is 9.30. The molecule has 1 saturated heterocycles. The molecule has 2 N–H and O–H groups in total. The van der Waals surface area contributed by atoms with Gasteiger partial charge in [0.1, 0.15) is 5.75 Å². The minimum Gasteiger partial charge on any atom is -0.406 e. The zero-order valence-corrected chi connectivity index (χ0v) is 13.3. The van der Waals surface area contributed by atoms with Crippen molar-refractivity contribution < 1.29 is 22.7 Å². The van der Waals surface area contributed by atoms with Crippen LogP contribution in [0.25, 0.3) is 0 Å². The molecule has 0 saturated carbocycles. The molecule has 1 aliphatic rings.